The molecule has 0 unspecified atom stereocenters. The predicted molar refractivity (Wildman–Crippen MR) is 87.4 cm³/mol. The molecule has 4 nitrogen and oxygen atoms in total. The fourth-order valence-corrected chi connectivity index (χ4v) is 3.66. The Hall–Kier alpha value is -1.73. The van der Waals surface area contributed by atoms with Crippen LogP contribution in [0.3, 0.4) is 0 Å². The summed E-state index contributed by atoms with van der Waals surface area (Å²) in [4.78, 5) is 8.90. The molecule has 0 fully saturated rings. The molecule has 0 amide bonds. The molecule has 0 aliphatic heterocycles. The van der Waals surface area contributed by atoms with Crippen molar-refractivity contribution in [2.24, 2.45) is 0 Å². The maximum atomic E-state index is 13.7. The number of hydrogen-bond acceptors (Lipinski definition) is 5. The number of H-pyrrole nitrogens is 1. The summed E-state index contributed by atoms with van der Waals surface area (Å²) in [6.45, 7) is 2.15. The number of halogens is 1. The van der Waals surface area contributed by atoms with Gasteiger partial charge in [0, 0.05) is 11.1 Å². The summed E-state index contributed by atoms with van der Waals surface area (Å²) in [6, 6.07) is 6.52. The molecule has 0 aliphatic rings. The van der Waals surface area contributed by atoms with E-state index < -0.39 is 0 Å². The zero-order valence-corrected chi connectivity index (χ0v) is 13.7. The monoisotopic (exact) mass is 334 g/mol. The third-order valence-electron chi connectivity index (χ3n) is 3.01. The molecule has 0 radical (unpaired) electrons. The smallest absolute Gasteiger partial charge is 0.209 e. The van der Waals surface area contributed by atoms with E-state index in [-0.39, 0.29) is 5.82 Å². The van der Waals surface area contributed by atoms with Crippen molar-refractivity contribution in [3.63, 3.8) is 0 Å². The topological polar surface area (TPSA) is 54.5 Å². The number of aromatic nitrogens is 4. The number of nitrogens with zero attached hydrogens (tertiary/aromatic N) is 3. The Balaban J connectivity index is 1.65. The van der Waals surface area contributed by atoms with Crippen LogP contribution in [0.15, 0.2) is 34.8 Å². The number of aromatic amines is 1. The minimum absolute atomic E-state index is 0.307. The number of hydrogen-bond donors (Lipinski definition) is 1. The van der Waals surface area contributed by atoms with Gasteiger partial charge in [0.1, 0.15) is 5.82 Å². The van der Waals surface area contributed by atoms with Crippen molar-refractivity contribution in [2.45, 2.75) is 30.7 Å². The second-order valence-electron chi connectivity index (χ2n) is 4.72. The van der Waals surface area contributed by atoms with Gasteiger partial charge in [0.2, 0.25) is 5.16 Å². The van der Waals surface area contributed by atoms with Crippen molar-refractivity contribution >= 4 is 23.1 Å². The summed E-state index contributed by atoms with van der Waals surface area (Å²) < 4.78 is 13.7. The van der Waals surface area contributed by atoms with Crippen LogP contribution in [0, 0.1) is 5.82 Å². The molecule has 2 aromatic heterocycles. The standard InChI is InChI=1S/C15H15FN4S2/c1-2-5-13-17-10(8-21-13)9-22-15-18-14(19-20-15)11-6-3-4-7-12(11)16/h3-4,6-8H,2,5,9H2,1H3,(H,18,19,20). The van der Waals surface area contributed by atoms with Gasteiger partial charge in [-0.05, 0) is 25.0 Å². The molecule has 114 valence electrons. The molecule has 2 heterocycles. The normalized spacial score (nSPS) is 11.0. The zero-order valence-electron chi connectivity index (χ0n) is 12.0. The molecule has 3 aromatic rings. The number of aryl methyl sites for hydroxylation is 1. The van der Waals surface area contributed by atoms with E-state index in [1.165, 1.54) is 22.8 Å². The molecule has 0 saturated heterocycles. The molecule has 0 aliphatic carbocycles. The largest absolute Gasteiger partial charge is 0.258 e. The predicted octanol–water partition coefficient (Wildman–Crippen LogP) is 4.31. The minimum atomic E-state index is -0.307. The first-order valence-electron chi connectivity index (χ1n) is 6.99. The second-order valence-corrected chi connectivity index (χ2v) is 6.60. The molecule has 0 atom stereocenters. The zero-order chi connectivity index (χ0) is 15.4. The molecule has 7 heteroatoms. The van der Waals surface area contributed by atoms with Gasteiger partial charge in [-0.1, -0.05) is 30.8 Å². The van der Waals surface area contributed by atoms with Gasteiger partial charge in [0.25, 0.3) is 0 Å². The summed E-state index contributed by atoms with van der Waals surface area (Å²) in [5.74, 6) is 0.860. The van der Waals surface area contributed by atoms with E-state index in [4.69, 9.17) is 0 Å². The lowest BCUT2D eigenvalue weighted by atomic mass is 10.2. The van der Waals surface area contributed by atoms with Gasteiger partial charge in [-0.15, -0.1) is 16.4 Å². The number of rotatable bonds is 6. The maximum Gasteiger partial charge on any atom is 0.209 e. The first-order valence-corrected chi connectivity index (χ1v) is 8.86. The molecular formula is C15H15FN4S2. The third-order valence-corrected chi connectivity index (χ3v) is 4.84. The Bertz CT molecular complexity index is 753. The molecule has 0 saturated carbocycles. The Kier molecular flexibility index (Phi) is 4.84. The number of benzene rings is 1. The quantitative estimate of drug-likeness (QED) is 0.682. The number of thiazole rings is 1. The molecule has 0 spiro atoms. The van der Waals surface area contributed by atoms with Crippen LogP contribution in [-0.2, 0) is 12.2 Å². The van der Waals surface area contributed by atoms with E-state index in [2.05, 4.69) is 32.5 Å². The van der Waals surface area contributed by atoms with Gasteiger partial charge in [-0.2, -0.15) is 0 Å². The van der Waals surface area contributed by atoms with Crippen LogP contribution in [0.2, 0.25) is 0 Å². The van der Waals surface area contributed by atoms with Gasteiger partial charge in [0.15, 0.2) is 5.82 Å². The highest BCUT2D eigenvalue weighted by molar-refractivity contribution is 7.98. The van der Waals surface area contributed by atoms with Gasteiger partial charge in [-0.3, -0.25) is 5.10 Å². The van der Waals surface area contributed by atoms with Crippen molar-refractivity contribution in [2.75, 3.05) is 0 Å². The summed E-state index contributed by atoms with van der Waals surface area (Å²) in [5.41, 5.74) is 1.47. The summed E-state index contributed by atoms with van der Waals surface area (Å²) in [7, 11) is 0. The fraction of sp³-hybridized carbons (Fsp3) is 0.267. The average Bonchev–Trinajstić information content (AvgIpc) is 3.15. The number of thioether (sulfide) groups is 1. The summed E-state index contributed by atoms with van der Waals surface area (Å²) >= 11 is 3.19. The van der Waals surface area contributed by atoms with Crippen LogP contribution in [0.5, 0.6) is 0 Å². The lowest BCUT2D eigenvalue weighted by Gasteiger charge is -1.96. The summed E-state index contributed by atoms with van der Waals surface area (Å²) in [6.07, 6.45) is 2.13. The van der Waals surface area contributed by atoms with E-state index in [9.17, 15) is 4.39 Å². The van der Waals surface area contributed by atoms with Crippen LogP contribution < -0.4 is 0 Å². The highest BCUT2D eigenvalue weighted by Crippen LogP contribution is 2.24. The Morgan fingerprint density at radius 1 is 1.27 bits per heavy atom. The molecule has 22 heavy (non-hydrogen) atoms. The average molecular weight is 334 g/mol. The molecule has 3 rings (SSSR count). The van der Waals surface area contributed by atoms with Crippen molar-refractivity contribution in [3.8, 4) is 11.4 Å². The molecule has 0 bridgehead atoms. The van der Waals surface area contributed by atoms with Crippen LogP contribution in [-0.4, -0.2) is 20.2 Å². The van der Waals surface area contributed by atoms with Gasteiger partial charge >= 0.3 is 0 Å². The molecular weight excluding hydrogens is 319 g/mol. The molecule has 1 aromatic carbocycles. The maximum absolute atomic E-state index is 13.7. The minimum Gasteiger partial charge on any atom is -0.258 e. The van der Waals surface area contributed by atoms with E-state index >= 15 is 0 Å². The highest BCUT2D eigenvalue weighted by Gasteiger charge is 2.11. The second kappa shape index (κ2) is 7.02. The van der Waals surface area contributed by atoms with Gasteiger partial charge in [0.05, 0.1) is 16.3 Å². The Labute approximate surface area is 136 Å². The first kappa shape index (κ1) is 15.2. The fourth-order valence-electron chi connectivity index (χ4n) is 1.97. The lowest BCUT2D eigenvalue weighted by molar-refractivity contribution is 0.630. The van der Waals surface area contributed by atoms with Crippen LogP contribution >= 0.6 is 23.1 Å². The van der Waals surface area contributed by atoms with Crippen molar-refractivity contribution in [3.05, 3.63) is 46.2 Å². The van der Waals surface area contributed by atoms with E-state index in [1.807, 2.05) is 0 Å². The van der Waals surface area contributed by atoms with Gasteiger partial charge < -0.3 is 0 Å². The lowest BCUT2D eigenvalue weighted by Crippen LogP contribution is -1.86. The first-order chi connectivity index (χ1) is 10.8. The summed E-state index contributed by atoms with van der Waals surface area (Å²) in [5, 5.41) is 10.8. The van der Waals surface area contributed by atoms with E-state index in [1.54, 1.807) is 29.5 Å². The van der Waals surface area contributed by atoms with E-state index in [0.29, 0.717) is 16.5 Å². The van der Waals surface area contributed by atoms with Crippen LogP contribution in [0.25, 0.3) is 11.4 Å². The van der Waals surface area contributed by atoms with Crippen molar-refractivity contribution < 1.29 is 4.39 Å². The third kappa shape index (κ3) is 3.53. The van der Waals surface area contributed by atoms with Crippen LogP contribution in [0.4, 0.5) is 4.39 Å². The number of nitrogens with one attached hydrogen (secondary N) is 1. The van der Waals surface area contributed by atoms with Crippen molar-refractivity contribution in [1.29, 1.82) is 0 Å². The SMILES string of the molecule is CCCc1nc(CSc2n[nH]c(-c3ccccc3F)n2)cs1. The van der Waals surface area contributed by atoms with E-state index in [0.717, 1.165) is 24.3 Å². The Morgan fingerprint density at radius 2 is 2.14 bits per heavy atom. The Morgan fingerprint density at radius 3 is 2.95 bits per heavy atom. The van der Waals surface area contributed by atoms with Gasteiger partial charge in [-0.25, -0.2) is 14.4 Å². The highest BCUT2D eigenvalue weighted by atomic mass is 32.2. The van der Waals surface area contributed by atoms with Crippen molar-refractivity contribution in [1.82, 2.24) is 20.2 Å². The molecule has 1 N–H and O–H groups in total. The van der Waals surface area contributed by atoms with Crippen LogP contribution in [0.1, 0.15) is 24.0 Å².